The van der Waals surface area contributed by atoms with Crippen molar-refractivity contribution in [2.24, 2.45) is 0 Å². The standard InChI is InChI=1S/C10H7F5/c11-9(12)4-3-6-1-2-7(5-8(6)9)10(13,14)15/h1-2,5H,3-4H2. The van der Waals surface area contributed by atoms with Crippen LogP contribution in [-0.4, -0.2) is 0 Å². The predicted octanol–water partition coefficient (Wildman–Crippen LogP) is 3.74. The van der Waals surface area contributed by atoms with Gasteiger partial charge in [-0.25, -0.2) is 8.78 Å². The zero-order valence-corrected chi connectivity index (χ0v) is 7.54. The number of halogens is 5. The maximum absolute atomic E-state index is 13.1. The summed E-state index contributed by atoms with van der Waals surface area (Å²) in [7, 11) is 0. The van der Waals surface area contributed by atoms with Crippen molar-refractivity contribution >= 4 is 0 Å². The number of fused-ring (bicyclic) bond motifs is 1. The second-order valence-electron chi connectivity index (χ2n) is 3.57. The van der Waals surface area contributed by atoms with Gasteiger partial charge < -0.3 is 0 Å². The molecule has 0 saturated heterocycles. The summed E-state index contributed by atoms with van der Waals surface area (Å²) < 4.78 is 63.1. The minimum Gasteiger partial charge on any atom is -0.201 e. The van der Waals surface area contributed by atoms with Gasteiger partial charge in [0, 0.05) is 12.0 Å². The number of hydrogen-bond acceptors (Lipinski definition) is 0. The molecule has 1 aromatic carbocycles. The molecule has 0 aliphatic heterocycles. The van der Waals surface area contributed by atoms with Crippen molar-refractivity contribution in [1.82, 2.24) is 0 Å². The lowest BCUT2D eigenvalue weighted by atomic mass is 10.0. The third-order valence-corrected chi connectivity index (χ3v) is 2.54. The predicted molar refractivity (Wildman–Crippen MR) is 43.7 cm³/mol. The zero-order valence-electron chi connectivity index (χ0n) is 7.54. The fourth-order valence-corrected chi connectivity index (χ4v) is 1.74. The van der Waals surface area contributed by atoms with Crippen LogP contribution in [0.2, 0.25) is 0 Å². The fraction of sp³-hybridized carbons (Fsp3) is 0.400. The minimum atomic E-state index is -4.56. The topological polar surface area (TPSA) is 0 Å². The van der Waals surface area contributed by atoms with Gasteiger partial charge in [-0.3, -0.25) is 0 Å². The second-order valence-corrected chi connectivity index (χ2v) is 3.57. The first-order valence-corrected chi connectivity index (χ1v) is 4.39. The third kappa shape index (κ3) is 1.70. The Hall–Kier alpha value is -1.13. The molecule has 0 heterocycles. The number of aryl methyl sites for hydroxylation is 1. The summed E-state index contributed by atoms with van der Waals surface area (Å²) >= 11 is 0. The van der Waals surface area contributed by atoms with Gasteiger partial charge in [0.2, 0.25) is 0 Å². The summed E-state index contributed by atoms with van der Waals surface area (Å²) in [5.74, 6) is -3.11. The molecule has 0 atom stereocenters. The number of rotatable bonds is 0. The van der Waals surface area contributed by atoms with E-state index in [1.54, 1.807) is 0 Å². The Bertz CT molecular complexity index is 391. The number of alkyl halides is 5. The van der Waals surface area contributed by atoms with Crippen molar-refractivity contribution in [2.75, 3.05) is 0 Å². The summed E-state index contributed by atoms with van der Waals surface area (Å²) in [4.78, 5) is 0. The van der Waals surface area contributed by atoms with E-state index in [1.807, 2.05) is 0 Å². The molecule has 0 saturated carbocycles. The molecular weight excluding hydrogens is 215 g/mol. The highest BCUT2D eigenvalue weighted by Gasteiger charge is 2.41. The van der Waals surface area contributed by atoms with E-state index in [9.17, 15) is 22.0 Å². The zero-order chi connectivity index (χ0) is 11.3. The molecule has 0 N–H and O–H groups in total. The van der Waals surface area contributed by atoms with Gasteiger partial charge in [0.15, 0.2) is 0 Å². The van der Waals surface area contributed by atoms with E-state index in [4.69, 9.17) is 0 Å². The molecule has 1 aliphatic carbocycles. The first-order chi connectivity index (χ1) is 6.81. The van der Waals surface area contributed by atoms with Gasteiger partial charge in [-0.15, -0.1) is 0 Å². The highest BCUT2D eigenvalue weighted by Crippen LogP contribution is 2.43. The molecule has 82 valence electrons. The monoisotopic (exact) mass is 222 g/mol. The number of benzene rings is 1. The molecular formula is C10H7F5. The molecule has 0 aromatic heterocycles. The van der Waals surface area contributed by atoms with E-state index in [2.05, 4.69) is 0 Å². The van der Waals surface area contributed by atoms with Crippen LogP contribution in [0.3, 0.4) is 0 Å². The van der Waals surface area contributed by atoms with Gasteiger partial charge in [-0.05, 0) is 24.1 Å². The van der Waals surface area contributed by atoms with Crippen LogP contribution in [0.1, 0.15) is 23.1 Å². The third-order valence-electron chi connectivity index (χ3n) is 2.54. The molecule has 0 bridgehead atoms. The van der Waals surface area contributed by atoms with Crippen molar-refractivity contribution in [3.8, 4) is 0 Å². The minimum absolute atomic E-state index is 0.139. The van der Waals surface area contributed by atoms with Gasteiger partial charge in [-0.1, -0.05) is 6.07 Å². The Balaban J connectivity index is 2.51. The molecule has 1 aliphatic rings. The van der Waals surface area contributed by atoms with E-state index >= 15 is 0 Å². The van der Waals surface area contributed by atoms with Crippen LogP contribution in [0.15, 0.2) is 18.2 Å². The lowest BCUT2D eigenvalue weighted by Gasteiger charge is -2.12. The Morgan fingerprint density at radius 2 is 1.80 bits per heavy atom. The van der Waals surface area contributed by atoms with E-state index in [-0.39, 0.29) is 6.42 Å². The highest BCUT2D eigenvalue weighted by molar-refractivity contribution is 5.39. The lowest BCUT2D eigenvalue weighted by molar-refractivity contribution is -0.137. The van der Waals surface area contributed by atoms with E-state index in [0.717, 1.165) is 12.1 Å². The van der Waals surface area contributed by atoms with Gasteiger partial charge in [0.25, 0.3) is 5.92 Å². The lowest BCUT2D eigenvalue weighted by Crippen LogP contribution is -2.11. The van der Waals surface area contributed by atoms with Crippen molar-refractivity contribution in [1.29, 1.82) is 0 Å². The maximum atomic E-state index is 13.1. The SMILES string of the molecule is FC(F)(F)c1ccc2c(c1)C(F)(F)CC2. The van der Waals surface area contributed by atoms with Gasteiger partial charge >= 0.3 is 6.18 Å². The summed E-state index contributed by atoms with van der Waals surface area (Å²) in [5.41, 5.74) is -1.17. The van der Waals surface area contributed by atoms with Crippen LogP contribution in [-0.2, 0) is 18.5 Å². The van der Waals surface area contributed by atoms with Crippen molar-refractivity contribution in [2.45, 2.75) is 24.9 Å². The molecule has 2 rings (SSSR count). The average Bonchev–Trinajstić information content (AvgIpc) is 2.41. The fourth-order valence-electron chi connectivity index (χ4n) is 1.74. The Labute approximate surface area is 82.7 Å². The summed E-state index contributed by atoms with van der Waals surface area (Å²) in [6, 6.07) is 2.54. The molecule has 0 amide bonds. The van der Waals surface area contributed by atoms with Gasteiger partial charge in [0.05, 0.1) is 5.56 Å². The average molecular weight is 222 g/mol. The van der Waals surface area contributed by atoms with Crippen LogP contribution in [0.25, 0.3) is 0 Å². The smallest absolute Gasteiger partial charge is 0.201 e. The maximum Gasteiger partial charge on any atom is 0.416 e. The van der Waals surface area contributed by atoms with Crippen molar-refractivity contribution < 1.29 is 22.0 Å². The Morgan fingerprint density at radius 3 is 2.40 bits per heavy atom. The van der Waals surface area contributed by atoms with E-state index in [0.29, 0.717) is 11.6 Å². The van der Waals surface area contributed by atoms with Crippen LogP contribution >= 0.6 is 0 Å². The summed E-state index contributed by atoms with van der Waals surface area (Å²) in [6.45, 7) is 0. The molecule has 0 radical (unpaired) electrons. The second kappa shape index (κ2) is 2.93. The first kappa shape index (κ1) is 10.4. The van der Waals surface area contributed by atoms with E-state index in [1.165, 1.54) is 0 Å². The molecule has 0 fully saturated rings. The largest absolute Gasteiger partial charge is 0.416 e. The quantitative estimate of drug-likeness (QED) is 0.586. The normalized spacial score (nSPS) is 19.0. The summed E-state index contributed by atoms with van der Waals surface area (Å²) in [6.07, 6.45) is -4.82. The molecule has 1 aromatic rings. The van der Waals surface area contributed by atoms with Crippen LogP contribution in [0, 0.1) is 0 Å². The van der Waals surface area contributed by atoms with Crippen molar-refractivity contribution in [3.63, 3.8) is 0 Å². The highest BCUT2D eigenvalue weighted by atomic mass is 19.4. The molecule has 0 unspecified atom stereocenters. The van der Waals surface area contributed by atoms with Gasteiger partial charge in [0.1, 0.15) is 0 Å². The molecule has 5 heteroatoms. The molecule has 0 spiro atoms. The molecule has 0 nitrogen and oxygen atoms in total. The van der Waals surface area contributed by atoms with Crippen LogP contribution < -0.4 is 0 Å². The summed E-state index contributed by atoms with van der Waals surface area (Å²) in [5, 5.41) is 0. The Kier molecular flexibility index (Phi) is 2.03. The first-order valence-electron chi connectivity index (χ1n) is 4.39. The van der Waals surface area contributed by atoms with Crippen molar-refractivity contribution in [3.05, 3.63) is 34.9 Å². The number of hydrogen-bond donors (Lipinski definition) is 0. The van der Waals surface area contributed by atoms with Crippen LogP contribution in [0.4, 0.5) is 22.0 Å². The van der Waals surface area contributed by atoms with E-state index < -0.39 is 29.6 Å². The Morgan fingerprint density at radius 1 is 1.13 bits per heavy atom. The van der Waals surface area contributed by atoms with Gasteiger partial charge in [-0.2, -0.15) is 13.2 Å². The van der Waals surface area contributed by atoms with Crippen LogP contribution in [0.5, 0.6) is 0 Å². The molecule has 15 heavy (non-hydrogen) atoms.